The molecule has 1 aromatic rings. The van der Waals surface area contributed by atoms with Crippen LogP contribution in [0.2, 0.25) is 0 Å². The summed E-state index contributed by atoms with van der Waals surface area (Å²) in [5, 5.41) is 1.97. The molecule has 0 bridgehead atoms. The largest absolute Gasteiger partial charge is 0.288 e. The predicted octanol–water partition coefficient (Wildman–Crippen LogP) is 4.46. The molecular formula is C14H18OS. The monoisotopic (exact) mass is 234 g/mol. The molecule has 1 nitrogen and oxygen atoms in total. The zero-order chi connectivity index (χ0) is 11.8. The maximum atomic E-state index is 12.4. The second-order valence-electron chi connectivity index (χ2n) is 5.20. The number of ketones is 1. The highest BCUT2D eigenvalue weighted by Gasteiger charge is 2.33. The van der Waals surface area contributed by atoms with Crippen LogP contribution < -0.4 is 0 Å². The van der Waals surface area contributed by atoms with Crippen molar-refractivity contribution in [3.63, 3.8) is 0 Å². The Balaban J connectivity index is 2.42. The summed E-state index contributed by atoms with van der Waals surface area (Å²) < 4.78 is 0. The van der Waals surface area contributed by atoms with Crippen LogP contribution in [0.1, 0.15) is 49.7 Å². The summed E-state index contributed by atoms with van der Waals surface area (Å²) in [6.45, 7) is 6.49. The van der Waals surface area contributed by atoms with Crippen LogP contribution in [0.25, 0.3) is 0 Å². The first-order valence-electron chi connectivity index (χ1n) is 5.81. The zero-order valence-corrected chi connectivity index (χ0v) is 11.0. The minimum Gasteiger partial charge on any atom is -0.288 e. The van der Waals surface area contributed by atoms with Crippen LogP contribution in [-0.4, -0.2) is 5.78 Å². The van der Waals surface area contributed by atoms with Crippen molar-refractivity contribution in [1.82, 2.24) is 0 Å². The maximum absolute atomic E-state index is 12.4. The highest BCUT2D eigenvalue weighted by Crippen LogP contribution is 2.41. The summed E-state index contributed by atoms with van der Waals surface area (Å²) >= 11 is 1.54. The van der Waals surface area contributed by atoms with Gasteiger partial charge in [0, 0.05) is 5.57 Å². The van der Waals surface area contributed by atoms with E-state index in [1.54, 1.807) is 11.3 Å². The number of hydrogen-bond acceptors (Lipinski definition) is 2. The third kappa shape index (κ3) is 1.99. The molecule has 0 amide bonds. The van der Waals surface area contributed by atoms with Gasteiger partial charge in [-0.05, 0) is 43.0 Å². The first-order chi connectivity index (χ1) is 7.52. The van der Waals surface area contributed by atoms with Crippen LogP contribution in [0.4, 0.5) is 0 Å². The number of rotatable bonds is 2. The fourth-order valence-corrected chi connectivity index (χ4v) is 3.33. The highest BCUT2D eigenvalue weighted by molar-refractivity contribution is 7.12. The molecule has 0 unspecified atom stereocenters. The lowest BCUT2D eigenvalue weighted by atomic mass is 9.71. The fraction of sp³-hybridized carbons (Fsp3) is 0.500. The number of thiophene rings is 1. The standard InChI is InChI=1S/C14H18OS/c1-10-6-4-8-14(2,3)12(10)13(15)11-7-5-9-16-11/h5,7,9H,4,6,8H2,1-3H3. The molecule has 0 atom stereocenters. The van der Waals surface area contributed by atoms with E-state index in [1.807, 2.05) is 17.5 Å². The lowest BCUT2D eigenvalue weighted by Gasteiger charge is -2.33. The van der Waals surface area contributed by atoms with Crippen molar-refractivity contribution in [2.75, 3.05) is 0 Å². The van der Waals surface area contributed by atoms with Gasteiger partial charge in [0.05, 0.1) is 4.88 Å². The van der Waals surface area contributed by atoms with E-state index in [4.69, 9.17) is 0 Å². The summed E-state index contributed by atoms with van der Waals surface area (Å²) in [6, 6.07) is 3.88. The van der Waals surface area contributed by atoms with Gasteiger partial charge in [-0.3, -0.25) is 4.79 Å². The second-order valence-corrected chi connectivity index (χ2v) is 6.15. The van der Waals surface area contributed by atoms with Crippen LogP contribution >= 0.6 is 11.3 Å². The average Bonchev–Trinajstić information content (AvgIpc) is 2.68. The quantitative estimate of drug-likeness (QED) is 0.691. The highest BCUT2D eigenvalue weighted by atomic mass is 32.1. The number of Topliss-reactive ketones (excluding diaryl/α,β-unsaturated/α-hetero) is 1. The molecule has 0 fully saturated rings. The molecule has 0 saturated carbocycles. The van der Waals surface area contributed by atoms with Crippen LogP contribution in [0.5, 0.6) is 0 Å². The minimum atomic E-state index is 0.0450. The van der Waals surface area contributed by atoms with E-state index in [-0.39, 0.29) is 11.2 Å². The molecule has 0 N–H and O–H groups in total. The minimum absolute atomic E-state index is 0.0450. The number of hydrogen-bond donors (Lipinski definition) is 0. The third-order valence-corrected chi connectivity index (χ3v) is 4.30. The number of carbonyl (C=O) groups is 1. The van der Waals surface area contributed by atoms with E-state index >= 15 is 0 Å². The molecule has 0 aliphatic heterocycles. The molecule has 1 aromatic heterocycles. The van der Waals surface area contributed by atoms with E-state index < -0.39 is 0 Å². The van der Waals surface area contributed by atoms with E-state index in [9.17, 15) is 4.79 Å². The molecule has 0 spiro atoms. The van der Waals surface area contributed by atoms with Gasteiger partial charge in [0.25, 0.3) is 0 Å². The maximum Gasteiger partial charge on any atom is 0.199 e. The lowest BCUT2D eigenvalue weighted by molar-refractivity contribution is 0.100. The molecule has 2 rings (SSSR count). The van der Waals surface area contributed by atoms with Crippen LogP contribution in [0.15, 0.2) is 28.7 Å². The normalized spacial score (nSPS) is 19.9. The van der Waals surface area contributed by atoms with Gasteiger partial charge in [0.1, 0.15) is 0 Å². The van der Waals surface area contributed by atoms with Crippen molar-refractivity contribution < 1.29 is 4.79 Å². The van der Waals surface area contributed by atoms with Crippen molar-refractivity contribution >= 4 is 17.1 Å². The van der Waals surface area contributed by atoms with Gasteiger partial charge >= 0.3 is 0 Å². The van der Waals surface area contributed by atoms with Gasteiger partial charge in [-0.2, -0.15) is 0 Å². The SMILES string of the molecule is CC1=C(C(=O)c2cccs2)C(C)(C)CCC1. The molecule has 1 aliphatic rings. The van der Waals surface area contributed by atoms with Crippen molar-refractivity contribution in [3.05, 3.63) is 33.5 Å². The Morgan fingerprint density at radius 1 is 1.44 bits per heavy atom. The molecular weight excluding hydrogens is 216 g/mol. The molecule has 0 aromatic carbocycles. The van der Waals surface area contributed by atoms with Crippen molar-refractivity contribution in [2.24, 2.45) is 5.41 Å². The summed E-state index contributed by atoms with van der Waals surface area (Å²) in [4.78, 5) is 13.3. The Hall–Kier alpha value is -0.890. The fourth-order valence-electron chi connectivity index (χ4n) is 2.66. The number of allylic oxidation sites excluding steroid dienone is 2. The Kier molecular flexibility index (Phi) is 3.02. The molecule has 86 valence electrons. The molecule has 0 radical (unpaired) electrons. The Morgan fingerprint density at radius 3 is 2.75 bits per heavy atom. The number of carbonyl (C=O) groups excluding carboxylic acids is 1. The summed E-state index contributed by atoms with van der Waals surface area (Å²) in [7, 11) is 0. The van der Waals surface area contributed by atoms with E-state index in [0.717, 1.165) is 23.3 Å². The molecule has 0 saturated heterocycles. The van der Waals surface area contributed by atoms with Gasteiger partial charge in [0.2, 0.25) is 0 Å². The van der Waals surface area contributed by atoms with Gasteiger partial charge in [-0.15, -0.1) is 11.3 Å². The van der Waals surface area contributed by atoms with Gasteiger partial charge in [0.15, 0.2) is 5.78 Å². The lowest BCUT2D eigenvalue weighted by Crippen LogP contribution is -2.25. The van der Waals surface area contributed by atoms with Gasteiger partial charge < -0.3 is 0 Å². The van der Waals surface area contributed by atoms with Crippen LogP contribution in [-0.2, 0) is 0 Å². The summed E-state index contributed by atoms with van der Waals surface area (Å²) in [6.07, 6.45) is 3.41. The predicted molar refractivity (Wildman–Crippen MR) is 69.0 cm³/mol. The average molecular weight is 234 g/mol. The molecule has 16 heavy (non-hydrogen) atoms. The zero-order valence-electron chi connectivity index (χ0n) is 10.2. The van der Waals surface area contributed by atoms with E-state index in [1.165, 1.54) is 12.0 Å². The topological polar surface area (TPSA) is 17.1 Å². The Labute approximate surface area is 101 Å². The van der Waals surface area contributed by atoms with Gasteiger partial charge in [-0.25, -0.2) is 0 Å². The molecule has 1 aliphatic carbocycles. The van der Waals surface area contributed by atoms with Gasteiger partial charge in [-0.1, -0.05) is 25.5 Å². The first kappa shape index (κ1) is 11.6. The Bertz CT molecular complexity index is 424. The summed E-state index contributed by atoms with van der Waals surface area (Å²) in [5.41, 5.74) is 2.39. The van der Waals surface area contributed by atoms with Crippen molar-refractivity contribution in [3.8, 4) is 0 Å². The molecule has 1 heterocycles. The van der Waals surface area contributed by atoms with Crippen molar-refractivity contribution in [2.45, 2.75) is 40.0 Å². The van der Waals surface area contributed by atoms with E-state index in [0.29, 0.717) is 0 Å². The molecule has 2 heteroatoms. The van der Waals surface area contributed by atoms with Crippen molar-refractivity contribution in [1.29, 1.82) is 0 Å². The summed E-state index contributed by atoms with van der Waals surface area (Å²) in [5.74, 6) is 0.247. The smallest absolute Gasteiger partial charge is 0.199 e. The third-order valence-electron chi connectivity index (χ3n) is 3.43. The Morgan fingerprint density at radius 2 is 2.19 bits per heavy atom. The second kappa shape index (κ2) is 4.17. The van der Waals surface area contributed by atoms with Crippen LogP contribution in [0, 0.1) is 5.41 Å². The first-order valence-corrected chi connectivity index (χ1v) is 6.69. The van der Waals surface area contributed by atoms with E-state index in [2.05, 4.69) is 20.8 Å². The van der Waals surface area contributed by atoms with Crippen LogP contribution in [0.3, 0.4) is 0 Å².